The van der Waals surface area contributed by atoms with Crippen molar-refractivity contribution in [2.45, 2.75) is 5.41 Å². The highest BCUT2D eigenvalue weighted by molar-refractivity contribution is 6.29. The molecular weight excluding hydrogens is 781 g/mol. The van der Waals surface area contributed by atoms with Crippen LogP contribution in [0.25, 0.3) is 121 Å². The van der Waals surface area contributed by atoms with Gasteiger partial charge in [-0.05, 0) is 161 Å². The SMILES string of the molecule is c1ccc(-c2c3c(c(-c4ccccc4)c4ccccc24)-c2ccc(-c4cc5c(c6ccccc46)-c4cc6ccccc6cc4C54c5ccccc5-c5ccccc54)c4cccc-3c24)cc1. The van der Waals surface area contributed by atoms with Crippen LogP contribution in [-0.2, 0) is 5.41 Å². The van der Waals surface area contributed by atoms with Crippen LogP contribution in [-0.4, -0.2) is 0 Å². The van der Waals surface area contributed by atoms with E-state index in [1.54, 1.807) is 0 Å². The van der Waals surface area contributed by atoms with Gasteiger partial charge in [0.2, 0.25) is 0 Å². The zero-order chi connectivity index (χ0) is 42.4. The number of rotatable bonds is 3. The molecule has 0 atom stereocenters. The summed E-state index contributed by atoms with van der Waals surface area (Å²) in [5.74, 6) is 0. The van der Waals surface area contributed by atoms with Gasteiger partial charge in [0.1, 0.15) is 0 Å². The quantitative estimate of drug-likeness (QED) is 0.167. The number of hydrogen-bond acceptors (Lipinski definition) is 0. The summed E-state index contributed by atoms with van der Waals surface area (Å²) in [4.78, 5) is 0. The van der Waals surface area contributed by atoms with Crippen LogP contribution in [0.1, 0.15) is 22.3 Å². The van der Waals surface area contributed by atoms with Crippen molar-refractivity contribution >= 4 is 43.1 Å². The fourth-order valence-corrected chi connectivity index (χ4v) is 12.7. The summed E-state index contributed by atoms with van der Waals surface area (Å²) in [6.45, 7) is 0. The van der Waals surface area contributed by atoms with E-state index in [2.05, 4.69) is 231 Å². The second-order valence-corrected chi connectivity index (χ2v) is 18.1. The largest absolute Gasteiger partial charge is 0.0726 e. The van der Waals surface area contributed by atoms with Crippen LogP contribution in [0.4, 0.5) is 0 Å². The van der Waals surface area contributed by atoms with Gasteiger partial charge in [-0.3, -0.25) is 0 Å². The van der Waals surface area contributed by atoms with Gasteiger partial charge in [0, 0.05) is 0 Å². The minimum atomic E-state index is -0.485. The van der Waals surface area contributed by atoms with Crippen molar-refractivity contribution < 1.29 is 0 Å². The van der Waals surface area contributed by atoms with Crippen LogP contribution < -0.4 is 0 Å². The molecule has 298 valence electrons. The standard InChI is InChI=1S/C65H38/c1-3-18-39(19-4-1)59-49-28-11-12-29-50(49)60(40-20-5-2-6-21-40)64-52-35-34-44(47-30-17-31-51(61(47)52)63(59)64)53-38-58-62(48-27-10-9-24-43(48)53)54-36-41-22-7-8-23-42(41)37-57(54)65(58)55-32-15-13-25-45(55)46-26-14-16-33-56(46)65/h1-38H. The molecule has 0 amide bonds. The first kappa shape index (κ1) is 35.2. The van der Waals surface area contributed by atoms with E-state index in [1.165, 1.54) is 143 Å². The van der Waals surface area contributed by atoms with E-state index in [0.29, 0.717) is 0 Å². The minimum absolute atomic E-state index is 0.485. The molecule has 15 rings (SSSR count). The van der Waals surface area contributed by atoms with Crippen LogP contribution in [0.3, 0.4) is 0 Å². The highest BCUT2D eigenvalue weighted by atomic mass is 14.5. The molecule has 0 unspecified atom stereocenters. The lowest BCUT2D eigenvalue weighted by molar-refractivity contribution is 0.796. The van der Waals surface area contributed by atoms with E-state index in [4.69, 9.17) is 0 Å². The minimum Gasteiger partial charge on any atom is -0.0622 e. The van der Waals surface area contributed by atoms with Gasteiger partial charge in [-0.1, -0.05) is 212 Å². The predicted octanol–water partition coefficient (Wildman–Crippen LogP) is 17.3. The average molecular weight is 819 g/mol. The fourth-order valence-electron chi connectivity index (χ4n) is 12.7. The van der Waals surface area contributed by atoms with Gasteiger partial charge in [-0.2, -0.15) is 0 Å². The Morgan fingerprint density at radius 2 is 0.677 bits per heavy atom. The van der Waals surface area contributed by atoms with E-state index in [-0.39, 0.29) is 0 Å². The Balaban J connectivity index is 1.08. The Bertz CT molecular complexity index is 3900. The Kier molecular flexibility index (Phi) is 6.97. The van der Waals surface area contributed by atoms with Crippen molar-refractivity contribution in [3.8, 4) is 77.9 Å². The first-order valence-corrected chi connectivity index (χ1v) is 22.8. The topological polar surface area (TPSA) is 0 Å². The summed E-state index contributed by atoms with van der Waals surface area (Å²) in [6.07, 6.45) is 0. The van der Waals surface area contributed by atoms with Crippen LogP contribution in [0.2, 0.25) is 0 Å². The molecule has 65 heavy (non-hydrogen) atoms. The first-order chi connectivity index (χ1) is 32.3. The summed E-state index contributed by atoms with van der Waals surface area (Å²) >= 11 is 0. The monoisotopic (exact) mass is 818 g/mol. The summed E-state index contributed by atoms with van der Waals surface area (Å²) in [5, 5.41) is 10.3. The van der Waals surface area contributed by atoms with Crippen molar-refractivity contribution in [1.82, 2.24) is 0 Å². The van der Waals surface area contributed by atoms with Crippen LogP contribution >= 0.6 is 0 Å². The molecule has 0 aromatic heterocycles. The smallest absolute Gasteiger partial charge is 0.0622 e. The van der Waals surface area contributed by atoms with E-state index in [9.17, 15) is 0 Å². The Morgan fingerprint density at radius 1 is 0.215 bits per heavy atom. The van der Waals surface area contributed by atoms with Gasteiger partial charge in [-0.25, -0.2) is 0 Å². The van der Waals surface area contributed by atoms with Gasteiger partial charge in [0.15, 0.2) is 0 Å². The average Bonchev–Trinajstić information content (AvgIpc) is 3.97. The normalized spacial score (nSPS) is 13.4. The molecule has 0 fully saturated rings. The summed E-state index contributed by atoms with van der Waals surface area (Å²) in [6, 6.07) is 87.1. The molecule has 0 nitrogen and oxygen atoms in total. The Hall–Kier alpha value is -8.32. The first-order valence-electron chi connectivity index (χ1n) is 22.8. The Labute approximate surface area is 377 Å². The lowest BCUT2D eigenvalue weighted by atomic mass is 9.69. The maximum absolute atomic E-state index is 2.60. The third kappa shape index (κ3) is 4.46. The molecule has 1 spiro atoms. The molecule has 0 saturated heterocycles. The number of benzene rings is 12. The van der Waals surface area contributed by atoms with E-state index in [1.807, 2.05) is 0 Å². The van der Waals surface area contributed by atoms with Crippen LogP contribution in [0.15, 0.2) is 231 Å². The molecule has 12 aromatic carbocycles. The highest BCUT2D eigenvalue weighted by Gasteiger charge is 2.52. The van der Waals surface area contributed by atoms with E-state index >= 15 is 0 Å². The van der Waals surface area contributed by atoms with Crippen LogP contribution in [0.5, 0.6) is 0 Å². The second kappa shape index (κ2) is 12.9. The third-order valence-corrected chi connectivity index (χ3v) is 15.2. The number of fused-ring (bicyclic) bond motifs is 17. The molecule has 3 aliphatic rings. The molecule has 0 saturated carbocycles. The molecular formula is C65H38. The number of hydrogen-bond donors (Lipinski definition) is 0. The van der Waals surface area contributed by atoms with Crippen molar-refractivity contribution in [3.05, 3.63) is 253 Å². The maximum Gasteiger partial charge on any atom is 0.0726 e. The maximum atomic E-state index is 2.60. The van der Waals surface area contributed by atoms with Gasteiger partial charge >= 0.3 is 0 Å². The zero-order valence-electron chi connectivity index (χ0n) is 35.4. The van der Waals surface area contributed by atoms with Crippen molar-refractivity contribution in [3.63, 3.8) is 0 Å². The Morgan fingerprint density at radius 3 is 1.31 bits per heavy atom. The second-order valence-electron chi connectivity index (χ2n) is 18.1. The molecule has 0 heteroatoms. The van der Waals surface area contributed by atoms with Gasteiger partial charge < -0.3 is 0 Å². The summed E-state index contributed by atoms with van der Waals surface area (Å²) in [7, 11) is 0. The summed E-state index contributed by atoms with van der Waals surface area (Å²) < 4.78 is 0. The molecule has 0 bridgehead atoms. The van der Waals surface area contributed by atoms with Gasteiger partial charge in [-0.15, -0.1) is 0 Å². The van der Waals surface area contributed by atoms with Crippen LogP contribution in [0, 0.1) is 0 Å². The van der Waals surface area contributed by atoms with Crippen molar-refractivity contribution in [2.75, 3.05) is 0 Å². The molecule has 0 heterocycles. The fraction of sp³-hybridized carbons (Fsp3) is 0.0154. The van der Waals surface area contributed by atoms with Crippen molar-refractivity contribution in [1.29, 1.82) is 0 Å². The van der Waals surface area contributed by atoms with Gasteiger partial charge in [0.25, 0.3) is 0 Å². The molecule has 3 aliphatic carbocycles. The predicted molar refractivity (Wildman–Crippen MR) is 274 cm³/mol. The highest BCUT2D eigenvalue weighted by Crippen LogP contribution is 2.66. The molecule has 12 aromatic rings. The zero-order valence-corrected chi connectivity index (χ0v) is 35.4. The van der Waals surface area contributed by atoms with Gasteiger partial charge in [0.05, 0.1) is 5.41 Å². The third-order valence-electron chi connectivity index (χ3n) is 15.2. The van der Waals surface area contributed by atoms with Crippen molar-refractivity contribution in [2.24, 2.45) is 0 Å². The van der Waals surface area contributed by atoms with E-state index < -0.39 is 5.41 Å². The molecule has 0 aliphatic heterocycles. The molecule has 0 radical (unpaired) electrons. The van der Waals surface area contributed by atoms with E-state index in [0.717, 1.165) is 0 Å². The lowest BCUT2D eigenvalue weighted by Crippen LogP contribution is -2.26. The lowest BCUT2D eigenvalue weighted by Gasteiger charge is -2.31. The summed E-state index contributed by atoms with van der Waals surface area (Å²) in [5.41, 5.74) is 23.2. The molecule has 0 N–H and O–H groups in total.